The maximum atomic E-state index is 12.1. The lowest BCUT2D eigenvalue weighted by atomic mass is 9.75. The summed E-state index contributed by atoms with van der Waals surface area (Å²) in [4.78, 5) is 35.4. The predicted octanol–water partition coefficient (Wildman–Crippen LogP) is 2.46. The normalized spacial score (nSPS) is 37.1. The molecule has 2 fully saturated rings. The first-order chi connectivity index (χ1) is 11.0. The third-order valence-electron chi connectivity index (χ3n) is 4.73. The van der Waals surface area contributed by atoms with E-state index in [0.717, 1.165) is 0 Å². The largest absolute Gasteiger partial charge is 0.431 e. The number of esters is 3. The van der Waals surface area contributed by atoms with E-state index in [1.807, 2.05) is 18.2 Å². The maximum Gasteiger partial charge on any atom is 0.319 e. The minimum Gasteiger partial charge on any atom is -0.431 e. The number of hydrogen-bond acceptors (Lipinski definition) is 5. The van der Waals surface area contributed by atoms with Crippen LogP contribution < -0.4 is 0 Å². The number of carbonyl (C=O) groups excluding carboxylic acids is 3. The van der Waals surface area contributed by atoms with E-state index in [4.69, 9.17) is 4.74 Å². The number of carbonyl (C=O) groups is 3. The Morgan fingerprint density at radius 1 is 1.00 bits per heavy atom. The molecule has 4 atom stereocenters. The van der Waals surface area contributed by atoms with E-state index in [-0.39, 0.29) is 24.2 Å². The third-order valence-corrected chi connectivity index (χ3v) is 4.73. The standard InChI is InChI=1S/C18H18O5/c1-10-6-4-3-5-7-12(14-9-15(19)23-17(14)20)8-13-11(2)22-18(21)16(10)13/h3-6,12-14,16H,1-2,7-9H2/b5-3-,6-4-. The van der Waals surface area contributed by atoms with Crippen LogP contribution >= 0.6 is 0 Å². The Morgan fingerprint density at radius 3 is 2.48 bits per heavy atom. The second kappa shape index (κ2) is 5.99. The highest BCUT2D eigenvalue weighted by molar-refractivity contribution is 5.94. The smallest absolute Gasteiger partial charge is 0.319 e. The number of cyclic esters (lactones) is 3. The quantitative estimate of drug-likeness (QED) is 0.549. The number of rotatable bonds is 1. The molecule has 0 spiro atoms. The lowest BCUT2D eigenvalue weighted by Gasteiger charge is -2.25. The first kappa shape index (κ1) is 15.5. The molecule has 0 aromatic rings. The minimum absolute atomic E-state index is 0.0901. The Morgan fingerprint density at radius 2 is 1.78 bits per heavy atom. The van der Waals surface area contributed by atoms with Crippen LogP contribution in [-0.2, 0) is 23.9 Å². The molecule has 5 heteroatoms. The van der Waals surface area contributed by atoms with Crippen LogP contribution in [0.1, 0.15) is 19.3 Å². The summed E-state index contributed by atoms with van der Waals surface area (Å²) in [6.07, 6.45) is 8.65. The van der Waals surface area contributed by atoms with E-state index < -0.39 is 23.8 Å². The lowest BCUT2D eigenvalue weighted by Crippen LogP contribution is -2.25. The zero-order valence-electron chi connectivity index (χ0n) is 12.7. The van der Waals surface area contributed by atoms with Gasteiger partial charge in [-0.05, 0) is 24.3 Å². The van der Waals surface area contributed by atoms with E-state index in [0.29, 0.717) is 24.2 Å². The molecule has 2 saturated heterocycles. The highest BCUT2D eigenvalue weighted by Crippen LogP contribution is 2.43. The lowest BCUT2D eigenvalue weighted by molar-refractivity contribution is -0.153. The van der Waals surface area contributed by atoms with Crippen molar-refractivity contribution < 1.29 is 23.9 Å². The van der Waals surface area contributed by atoms with Gasteiger partial charge >= 0.3 is 17.9 Å². The van der Waals surface area contributed by atoms with Gasteiger partial charge in [-0.25, -0.2) is 0 Å². The molecule has 2 heterocycles. The Balaban J connectivity index is 1.91. The zero-order chi connectivity index (χ0) is 16.6. The fourth-order valence-electron chi connectivity index (χ4n) is 3.51. The SMILES string of the molecule is C=C1OC(=O)C2C(=C)/C=C\C=C/CC(C3CC(=O)OC3=O)CC12. The van der Waals surface area contributed by atoms with E-state index in [1.54, 1.807) is 6.08 Å². The predicted molar refractivity (Wildman–Crippen MR) is 81.6 cm³/mol. The molecule has 2 aliphatic heterocycles. The molecular weight excluding hydrogens is 296 g/mol. The fraction of sp³-hybridized carbons (Fsp3) is 0.389. The molecule has 0 saturated carbocycles. The molecule has 23 heavy (non-hydrogen) atoms. The van der Waals surface area contributed by atoms with E-state index in [2.05, 4.69) is 17.9 Å². The van der Waals surface area contributed by atoms with Crippen LogP contribution in [0.2, 0.25) is 0 Å². The highest BCUT2D eigenvalue weighted by atomic mass is 16.6. The van der Waals surface area contributed by atoms with Crippen molar-refractivity contribution in [1.82, 2.24) is 0 Å². The molecule has 0 radical (unpaired) electrons. The number of hydrogen-bond donors (Lipinski definition) is 0. The highest BCUT2D eigenvalue weighted by Gasteiger charge is 2.46. The Kier molecular flexibility index (Phi) is 4.03. The van der Waals surface area contributed by atoms with Gasteiger partial charge in [0, 0.05) is 5.92 Å². The average Bonchev–Trinajstić information content (AvgIpc) is 2.96. The van der Waals surface area contributed by atoms with Gasteiger partial charge in [0.1, 0.15) is 5.76 Å². The molecule has 5 nitrogen and oxygen atoms in total. The summed E-state index contributed by atoms with van der Waals surface area (Å²) in [7, 11) is 0. The van der Waals surface area contributed by atoms with Crippen molar-refractivity contribution in [3.05, 3.63) is 48.8 Å². The summed E-state index contributed by atoms with van der Waals surface area (Å²) in [5, 5.41) is 0. The van der Waals surface area contributed by atoms with Gasteiger partial charge in [-0.1, -0.05) is 37.5 Å². The van der Waals surface area contributed by atoms with Gasteiger partial charge in [-0.3, -0.25) is 14.4 Å². The number of ether oxygens (including phenoxy) is 2. The van der Waals surface area contributed by atoms with Crippen LogP contribution in [0.5, 0.6) is 0 Å². The van der Waals surface area contributed by atoms with Gasteiger partial charge in [-0.15, -0.1) is 0 Å². The molecule has 120 valence electrons. The third kappa shape index (κ3) is 2.91. The Bertz CT molecular complexity index is 654. The number of allylic oxidation sites excluding steroid dienone is 5. The fourth-order valence-corrected chi connectivity index (χ4v) is 3.51. The first-order valence-corrected chi connectivity index (χ1v) is 7.64. The van der Waals surface area contributed by atoms with Crippen molar-refractivity contribution in [1.29, 1.82) is 0 Å². The van der Waals surface area contributed by atoms with Gasteiger partial charge < -0.3 is 9.47 Å². The summed E-state index contributed by atoms with van der Waals surface area (Å²) in [5.74, 6) is -2.23. The molecular formula is C18H18O5. The van der Waals surface area contributed by atoms with Gasteiger partial charge in [0.25, 0.3) is 0 Å². The van der Waals surface area contributed by atoms with Crippen molar-refractivity contribution in [2.75, 3.05) is 0 Å². The maximum absolute atomic E-state index is 12.1. The van der Waals surface area contributed by atoms with Crippen molar-refractivity contribution in [2.45, 2.75) is 19.3 Å². The molecule has 4 unspecified atom stereocenters. The van der Waals surface area contributed by atoms with Crippen LogP contribution in [-0.4, -0.2) is 17.9 Å². The summed E-state index contributed by atoms with van der Waals surface area (Å²) < 4.78 is 9.88. The van der Waals surface area contributed by atoms with Crippen LogP contribution in [0.4, 0.5) is 0 Å². The van der Waals surface area contributed by atoms with Crippen molar-refractivity contribution >= 4 is 17.9 Å². The van der Waals surface area contributed by atoms with Crippen molar-refractivity contribution in [2.24, 2.45) is 23.7 Å². The van der Waals surface area contributed by atoms with Crippen LogP contribution in [0.3, 0.4) is 0 Å². The number of fused-ring (bicyclic) bond motifs is 1. The average molecular weight is 314 g/mol. The summed E-state index contributed by atoms with van der Waals surface area (Å²) in [6, 6.07) is 0. The molecule has 0 aromatic carbocycles. The van der Waals surface area contributed by atoms with Crippen molar-refractivity contribution in [3.63, 3.8) is 0 Å². The molecule has 0 N–H and O–H groups in total. The van der Waals surface area contributed by atoms with Gasteiger partial charge in [0.2, 0.25) is 0 Å². The van der Waals surface area contributed by atoms with Gasteiger partial charge in [0.15, 0.2) is 0 Å². The van der Waals surface area contributed by atoms with Crippen LogP contribution in [0.15, 0.2) is 48.8 Å². The van der Waals surface area contributed by atoms with E-state index >= 15 is 0 Å². The minimum atomic E-state index is -0.487. The van der Waals surface area contributed by atoms with E-state index in [9.17, 15) is 14.4 Å². The molecule has 3 aliphatic rings. The molecule has 0 bridgehead atoms. The van der Waals surface area contributed by atoms with Crippen LogP contribution in [0, 0.1) is 23.7 Å². The molecule has 0 amide bonds. The van der Waals surface area contributed by atoms with E-state index in [1.165, 1.54) is 0 Å². The topological polar surface area (TPSA) is 69.7 Å². The first-order valence-electron chi connectivity index (χ1n) is 7.64. The van der Waals surface area contributed by atoms with Gasteiger partial charge in [-0.2, -0.15) is 0 Å². The zero-order valence-corrected chi connectivity index (χ0v) is 12.7. The Hall–Kier alpha value is -2.43. The van der Waals surface area contributed by atoms with Crippen molar-refractivity contribution in [3.8, 4) is 0 Å². The molecule has 3 rings (SSSR count). The second-order valence-corrected chi connectivity index (χ2v) is 6.17. The van der Waals surface area contributed by atoms with Gasteiger partial charge in [0.05, 0.1) is 18.3 Å². The Labute approximate surface area is 134 Å². The molecule has 0 aromatic heterocycles. The summed E-state index contributed by atoms with van der Waals surface area (Å²) in [6.45, 7) is 7.79. The summed E-state index contributed by atoms with van der Waals surface area (Å²) >= 11 is 0. The van der Waals surface area contributed by atoms with Crippen LogP contribution in [0.25, 0.3) is 0 Å². The molecule has 1 aliphatic carbocycles. The monoisotopic (exact) mass is 314 g/mol. The summed E-state index contributed by atoms with van der Waals surface area (Å²) in [5.41, 5.74) is 0.661. The second-order valence-electron chi connectivity index (χ2n) is 6.17.